The molecule has 2 aromatic rings. The Kier molecular flexibility index (Phi) is 4.11. The van der Waals surface area contributed by atoms with Gasteiger partial charge in [0, 0.05) is 6.42 Å². The molecule has 1 saturated heterocycles. The molecule has 2 heterocycles. The van der Waals surface area contributed by atoms with Gasteiger partial charge in [0.1, 0.15) is 29.6 Å². The van der Waals surface area contributed by atoms with Gasteiger partial charge in [-0.1, -0.05) is 6.07 Å². The molecule has 0 aliphatic carbocycles. The summed E-state index contributed by atoms with van der Waals surface area (Å²) in [6, 6.07) is 4.10. The van der Waals surface area contributed by atoms with Gasteiger partial charge in [-0.25, -0.2) is 4.98 Å². The second kappa shape index (κ2) is 6.23. The van der Waals surface area contributed by atoms with Crippen molar-refractivity contribution in [3.63, 3.8) is 0 Å². The molecule has 3 rings (SSSR count). The normalized spacial score (nSPS) is 17.6. The molecule has 1 fully saturated rings. The Hall–Kier alpha value is -3.03. The summed E-state index contributed by atoms with van der Waals surface area (Å²) in [6.07, 6.45) is 0.971. The lowest BCUT2D eigenvalue weighted by molar-refractivity contribution is -0.135. The lowest BCUT2D eigenvalue weighted by Gasteiger charge is -2.24. The van der Waals surface area contributed by atoms with E-state index in [0.29, 0.717) is 17.6 Å². The van der Waals surface area contributed by atoms with Crippen LogP contribution in [0.3, 0.4) is 0 Å². The van der Waals surface area contributed by atoms with Crippen molar-refractivity contribution in [3.05, 3.63) is 34.4 Å². The van der Waals surface area contributed by atoms with Crippen LogP contribution in [0.4, 0.5) is 0 Å². The average Bonchev–Trinajstić information content (AvgIpc) is 2.54. The van der Waals surface area contributed by atoms with Gasteiger partial charge < -0.3 is 4.74 Å². The predicted octanol–water partition coefficient (Wildman–Crippen LogP) is 0.260. The minimum Gasteiger partial charge on any atom is -0.485 e. The number of nitrogens with zero attached hydrogens (tertiary/aromatic N) is 2. The quantitative estimate of drug-likeness (QED) is 0.637. The van der Waals surface area contributed by atoms with Gasteiger partial charge in [0.25, 0.3) is 5.56 Å². The van der Waals surface area contributed by atoms with Crippen molar-refractivity contribution < 1.29 is 19.1 Å². The molecule has 1 atom stereocenters. The molecule has 1 unspecified atom stereocenters. The van der Waals surface area contributed by atoms with Crippen LogP contribution in [0.15, 0.2) is 23.0 Å². The third-order valence-corrected chi connectivity index (χ3v) is 3.90. The van der Waals surface area contributed by atoms with Crippen LogP contribution in [0.5, 0.6) is 5.75 Å². The van der Waals surface area contributed by atoms with E-state index in [0.717, 1.165) is 0 Å². The number of nitrogens with one attached hydrogen (secondary N) is 1. The fourth-order valence-corrected chi connectivity index (χ4v) is 2.86. The number of benzene rings is 1. The fourth-order valence-electron chi connectivity index (χ4n) is 2.86. The number of imide groups is 1. The molecule has 1 aliphatic heterocycles. The first-order valence-electron chi connectivity index (χ1n) is 7.45. The Balaban J connectivity index is 2.18. The molecular weight excluding hydrogens is 314 g/mol. The summed E-state index contributed by atoms with van der Waals surface area (Å²) in [5.74, 6) is -0.276. The van der Waals surface area contributed by atoms with E-state index in [9.17, 15) is 19.2 Å². The van der Waals surface area contributed by atoms with Crippen LogP contribution in [0, 0.1) is 6.92 Å². The molecule has 8 heteroatoms. The molecular formula is C16H15N3O5. The second-order valence-electron chi connectivity index (χ2n) is 5.43. The highest BCUT2D eigenvalue weighted by atomic mass is 16.5. The van der Waals surface area contributed by atoms with Gasteiger partial charge in [-0.2, -0.15) is 0 Å². The van der Waals surface area contributed by atoms with Gasteiger partial charge in [-0.15, -0.1) is 0 Å². The van der Waals surface area contributed by atoms with E-state index in [-0.39, 0.29) is 36.5 Å². The van der Waals surface area contributed by atoms with Gasteiger partial charge in [0.2, 0.25) is 11.8 Å². The maximum atomic E-state index is 12.9. The van der Waals surface area contributed by atoms with Crippen molar-refractivity contribution in [2.75, 3.05) is 6.61 Å². The molecule has 8 nitrogen and oxygen atoms in total. The Morgan fingerprint density at radius 1 is 1.38 bits per heavy atom. The van der Waals surface area contributed by atoms with E-state index in [1.165, 1.54) is 4.57 Å². The number of rotatable bonds is 4. The number of aldehydes is 1. The number of piperidine rings is 1. The largest absolute Gasteiger partial charge is 0.485 e. The molecule has 1 aromatic carbocycles. The molecule has 2 amide bonds. The van der Waals surface area contributed by atoms with Gasteiger partial charge >= 0.3 is 0 Å². The maximum Gasteiger partial charge on any atom is 0.265 e. The van der Waals surface area contributed by atoms with Crippen molar-refractivity contribution >= 4 is 29.0 Å². The van der Waals surface area contributed by atoms with E-state index in [4.69, 9.17) is 4.74 Å². The number of amides is 2. The first kappa shape index (κ1) is 15.9. The second-order valence-corrected chi connectivity index (χ2v) is 5.43. The number of ether oxygens (including phenoxy) is 1. The predicted molar refractivity (Wildman–Crippen MR) is 83.7 cm³/mol. The zero-order valence-electron chi connectivity index (χ0n) is 12.9. The molecule has 0 bridgehead atoms. The van der Waals surface area contributed by atoms with Crippen molar-refractivity contribution in [3.8, 4) is 5.75 Å². The Morgan fingerprint density at radius 2 is 2.17 bits per heavy atom. The third-order valence-electron chi connectivity index (χ3n) is 3.90. The van der Waals surface area contributed by atoms with E-state index >= 15 is 0 Å². The van der Waals surface area contributed by atoms with Gasteiger partial charge in [0.15, 0.2) is 6.29 Å². The summed E-state index contributed by atoms with van der Waals surface area (Å²) in [4.78, 5) is 51.3. The van der Waals surface area contributed by atoms with Crippen molar-refractivity contribution in [2.45, 2.75) is 25.8 Å². The van der Waals surface area contributed by atoms with E-state index in [1.807, 2.05) is 0 Å². The maximum absolute atomic E-state index is 12.9. The summed E-state index contributed by atoms with van der Waals surface area (Å²) in [5.41, 5.74) is -0.0158. The van der Waals surface area contributed by atoms with Gasteiger partial charge in [-0.3, -0.25) is 29.1 Å². The minimum absolute atomic E-state index is 0.156. The van der Waals surface area contributed by atoms with Crippen molar-refractivity contribution in [1.29, 1.82) is 0 Å². The molecule has 24 heavy (non-hydrogen) atoms. The van der Waals surface area contributed by atoms with Crippen molar-refractivity contribution in [1.82, 2.24) is 14.9 Å². The zero-order chi connectivity index (χ0) is 17.3. The summed E-state index contributed by atoms with van der Waals surface area (Å²) < 4.78 is 6.57. The average molecular weight is 329 g/mol. The number of hydrogen-bond donors (Lipinski definition) is 1. The number of aryl methyl sites for hydroxylation is 1. The lowest BCUT2D eigenvalue weighted by atomic mass is 10.1. The highest BCUT2D eigenvalue weighted by Crippen LogP contribution is 2.24. The van der Waals surface area contributed by atoms with Crippen LogP contribution in [-0.4, -0.2) is 34.3 Å². The summed E-state index contributed by atoms with van der Waals surface area (Å²) >= 11 is 0. The number of fused-ring (bicyclic) bond motifs is 1. The third kappa shape index (κ3) is 2.66. The molecule has 0 saturated carbocycles. The Labute approximate surface area is 136 Å². The zero-order valence-corrected chi connectivity index (χ0v) is 12.9. The van der Waals surface area contributed by atoms with Crippen LogP contribution in [0.2, 0.25) is 0 Å². The summed E-state index contributed by atoms with van der Waals surface area (Å²) in [5, 5.41) is 2.44. The molecule has 0 spiro atoms. The van der Waals surface area contributed by atoms with Crippen LogP contribution < -0.4 is 15.6 Å². The molecule has 1 N–H and O–H groups in total. The van der Waals surface area contributed by atoms with Crippen LogP contribution in [0.1, 0.15) is 24.7 Å². The Bertz CT molecular complexity index is 902. The molecule has 124 valence electrons. The number of hydrogen-bond acceptors (Lipinski definition) is 6. The van der Waals surface area contributed by atoms with Crippen LogP contribution >= 0.6 is 0 Å². The van der Waals surface area contributed by atoms with Crippen LogP contribution in [-0.2, 0) is 14.4 Å². The fraction of sp³-hybridized carbons (Fsp3) is 0.312. The topological polar surface area (TPSA) is 107 Å². The monoisotopic (exact) mass is 329 g/mol. The molecule has 0 radical (unpaired) electrons. The lowest BCUT2D eigenvalue weighted by Crippen LogP contribution is -2.45. The smallest absolute Gasteiger partial charge is 0.265 e. The summed E-state index contributed by atoms with van der Waals surface area (Å²) in [6.45, 7) is 1.44. The minimum atomic E-state index is -0.800. The standard InChI is InChI=1S/C16H15N3O5/c1-9-17-10-3-2-4-12(24-8-7-20)14(10)16(23)19(9)11-5-6-13(21)18-15(11)22/h2-4,7,11H,5-6,8H2,1H3,(H,18,21,22). The van der Waals surface area contributed by atoms with Gasteiger partial charge in [-0.05, 0) is 25.5 Å². The van der Waals surface area contributed by atoms with E-state index < -0.39 is 17.5 Å². The first-order chi connectivity index (χ1) is 11.5. The highest BCUT2D eigenvalue weighted by Gasteiger charge is 2.30. The number of carbonyl (C=O) groups excluding carboxylic acids is 3. The first-order valence-corrected chi connectivity index (χ1v) is 7.45. The van der Waals surface area contributed by atoms with Crippen molar-refractivity contribution in [2.24, 2.45) is 0 Å². The Morgan fingerprint density at radius 3 is 2.88 bits per heavy atom. The molecule has 1 aliphatic rings. The van der Waals surface area contributed by atoms with E-state index in [1.54, 1.807) is 25.1 Å². The van der Waals surface area contributed by atoms with Gasteiger partial charge in [0.05, 0.1) is 5.52 Å². The molecule has 1 aromatic heterocycles. The van der Waals surface area contributed by atoms with Crippen LogP contribution in [0.25, 0.3) is 10.9 Å². The number of aromatic nitrogens is 2. The SMILES string of the molecule is Cc1nc2cccc(OCC=O)c2c(=O)n1C1CCC(=O)NC1=O. The number of carbonyl (C=O) groups is 3. The summed E-state index contributed by atoms with van der Waals surface area (Å²) in [7, 11) is 0. The highest BCUT2D eigenvalue weighted by molar-refractivity contribution is 5.99. The van der Waals surface area contributed by atoms with E-state index in [2.05, 4.69) is 10.3 Å².